The molecule has 1 aromatic carbocycles. The topological polar surface area (TPSA) is 54.5 Å². The number of benzene rings is 1. The highest BCUT2D eigenvalue weighted by Crippen LogP contribution is 2.30. The standard InChI is InChI=1S/C16H23NO3S/c1-11-5-6-14(9-12(11)2)10-17(15-7-8-15)16(18)13(3)21(4,19)20/h5-6,9,13,15H,7-8,10H2,1-4H3/t13-/m1/s1. The second kappa shape index (κ2) is 5.79. The molecule has 5 heteroatoms. The van der Waals surface area contributed by atoms with Crippen molar-refractivity contribution in [1.29, 1.82) is 0 Å². The van der Waals surface area contributed by atoms with Crippen molar-refractivity contribution in [3.05, 3.63) is 34.9 Å². The van der Waals surface area contributed by atoms with Crippen molar-refractivity contribution in [2.75, 3.05) is 6.26 Å². The summed E-state index contributed by atoms with van der Waals surface area (Å²) >= 11 is 0. The normalized spacial score (nSPS) is 16.6. The third kappa shape index (κ3) is 3.84. The zero-order chi connectivity index (χ0) is 15.8. The highest BCUT2D eigenvalue weighted by Gasteiger charge is 2.37. The van der Waals surface area contributed by atoms with Crippen molar-refractivity contribution in [3.8, 4) is 0 Å². The lowest BCUT2D eigenvalue weighted by molar-refractivity contribution is -0.131. The number of nitrogens with zero attached hydrogens (tertiary/aromatic N) is 1. The van der Waals surface area contributed by atoms with E-state index in [1.54, 1.807) is 4.90 Å². The van der Waals surface area contributed by atoms with Crippen LogP contribution in [-0.4, -0.2) is 36.8 Å². The van der Waals surface area contributed by atoms with Gasteiger partial charge in [0, 0.05) is 18.8 Å². The molecule has 1 aliphatic carbocycles. The first-order chi connectivity index (χ1) is 9.70. The molecule has 1 amide bonds. The largest absolute Gasteiger partial charge is 0.334 e. The highest BCUT2D eigenvalue weighted by atomic mass is 32.2. The Morgan fingerprint density at radius 1 is 1.29 bits per heavy atom. The van der Waals surface area contributed by atoms with E-state index in [0.29, 0.717) is 6.54 Å². The average molecular weight is 309 g/mol. The molecule has 0 aliphatic heterocycles. The summed E-state index contributed by atoms with van der Waals surface area (Å²) < 4.78 is 23.2. The monoisotopic (exact) mass is 309 g/mol. The molecular weight excluding hydrogens is 286 g/mol. The Balaban J connectivity index is 2.20. The van der Waals surface area contributed by atoms with Crippen LogP contribution in [0.5, 0.6) is 0 Å². The van der Waals surface area contributed by atoms with Crippen molar-refractivity contribution < 1.29 is 13.2 Å². The van der Waals surface area contributed by atoms with Gasteiger partial charge in [-0.15, -0.1) is 0 Å². The average Bonchev–Trinajstić information content (AvgIpc) is 3.21. The predicted octanol–water partition coefficient (Wildman–Crippen LogP) is 2.23. The number of sulfone groups is 1. The first kappa shape index (κ1) is 16.0. The molecule has 0 saturated heterocycles. The first-order valence-corrected chi connectivity index (χ1v) is 9.21. The summed E-state index contributed by atoms with van der Waals surface area (Å²) in [6.45, 7) is 6.06. The minimum atomic E-state index is -3.35. The molecule has 0 radical (unpaired) electrons. The lowest BCUT2D eigenvalue weighted by atomic mass is 10.1. The molecule has 1 atom stereocenters. The van der Waals surface area contributed by atoms with E-state index >= 15 is 0 Å². The van der Waals surface area contributed by atoms with E-state index in [4.69, 9.17) is 0 Å². The van der Waals surface area contributed by atoms with Crippen molar-refractivity contribution in [1.82, 2.24) is 4.90 Å². The van der Waals surface area contributed by atoms with Gasteiger partial charge in [-0.3, -0.25) is 4.79 Å². The van der Waals surface area contributed by atoms with Crippen LogP contribution in [0.25, 0.3) is 0 Å². The number of hydrogen-bond acceptors (Lipinski definition) is 3. The van der Waals surface area contributed by atoms with Gasteiger partial charge in [-0.1, -0.05) is 18.2 Å². The Kier molecular flexibility index (Phi) is 4.42. The molecule has 4 nitrogen and oxygen atoms in total. The number of carbonyl (C=O) groups excluding carboxylic acids is 1. The highest BCUT2D eigenvalue weighted by molar-refractivity contribution is 7.92. The van der Waals surface area contributed by atoms with E-state index in [-0.39, 0.29) is 11.9 Å². The van der Waals surface area contributed by atoms with Crippen LogP contribution in [0.1, 0.15) is 36.5 Å². The van der Waals surface area contributed by atoms with Gasteiger partial charge < -0.3 is 4.90 Å². The summed E-state index contributed by atoms with van der Waals surface area (Å²) in [6.07, 6.45) is 3.05. The lowest BCUT2D eigenvalue weighted by Gasteiger charge is -2.25. The number of aryl methyl sites for hydroxylation is 2. The molecular formula is C16H23NO3S. The summed E-state index contributed by atoms with van der Waals surface area (Å²) in [4.78, 5) is 14.2. The zero-order valence-corrected chi connectivity index (χ0v) is 13.9. The minimum Gasteiger partial charge on any atom is -0.334 e. The third-order valence-electron chi connectivity index (χ3n) is 4.18. The fourth-order valence-electron chi connectivity index (χ4n) is 2.29. The van der Waals surface area contributed by atoms with Gasteiger partial charge in [0.05, 0.1) is 0 Å². The fraction of sp³-hybridized carbons (Fsp3) is 0.562. The smallest absolute Gasteiger partial charge is 0.241 e. The maximum atomic E-state index is 12.5. The van der Waals surface area contributed by atoms with Gasteiger partial charge in [0.25, 0.3) is 0 Å². The number of carbonyl (C=O) groups is 1. The predicted molar refractivity (Wildman–Crippen MR) is 83.8 cm³/mol. The lowest BCUT2D eigenvalue weighted by Crippen LogP contribution is -2.42. The van der Waals surface area contributed by atoms with Gasteiger partial charge in [-0.05, 0) is 50.3 Å². The molecule has 116 valence electrons. The van der Waals surface area contributed by atoms with Gasteiger partial charge in [-0.2, -0.15) is 0 Å². The van der Waals surface area contributed by atoms with Gasteiger partial charge in [0.15, 0.2) is 9.84 Å². The van der Waals surface area contributed by atoms with E-state index in [0.717, 1.165) is 24.7 Å². The SMILES string of the molecule is Cc1ccc(CN(C(=O)[C@@H](C)S(C)(=O)=O)C2CC2)cc1C. The third-order valence-corrected chi connectivity index (χ3v) is 5.67. The van der Waals surface area contributed by atoms with Gasteiger partial charge in [-0.25, -0.2) is 8.42 Å². The van der Waals surface area contributed by atoms with Gasteiger partial charge in [0.2, 0.25) is 5.91 Å². The number of amides is 1. The van der Waals surface area contributed by atoms with Crippen molar-refractivity contribution in [3.63, 3.8) is 0 Å². The van der Waals surface area contributed by atoms with Crippen LogP contribution in [0.3, 0.4) is 0 Å². The van der Waals surface area contributed by atoms with E-state index in [2.05, 4.69) is 13.0 Å². The molecule has 1 saturated carbocycles. The molecule has 21 heavy (non-hydrogen) atoms. The summed E-state index contributed by atoms with van der Waals surface area (Å²) in [6, 6.07) is 6.32. The number of hydrogen-bond donors (Lipinski definition) is 0. The molecule has 1 aliphatic rings. The van der Waals surface area contributed by atoms with Crippen molar-refractivity contribution in [2.45, 2.75) is 51.4 Å². The summed E-state index contributed by atoms with van der Waals surface area (Å²) in [7, 11) is -3.35. The van der Waals surface area contributed by atoms with Gasteiger partial charge in [0.1, 0.15) is 5.25 Å². The summed E-state index contributed by atoms with van der Waals surface area (Å²) in [5.41, 5.74) is 3.46. The first-order valence-electron chi connectivity index (χ1n) is 7.25. The Labute approximate surface area is 127 Å². The van der Waals surface area contributed by atoms with E-state index in [1.165, 1.54) is 18.1 Å². The molecule has 1 aromatic rings. The van der Waals surface area contributed by atoms with Crippen LogP contribution >= 0.6 is 0 Å². The Bertz CT molecular complexity index is 647. The van der Waals surface area contributed by atoms with Crippen LogP contribution in [0.2, 0.25) is 0 Å². The second-order valence-corrected chi connectivity index (χ2v) is 8.45. The van der Waals surface area contributed by atoms with Crippen LogP contribution in [0, 0.1) is 13.8 Å². The number of rotatable bonds is 5. The van der Waals surface area contributed by atoms with Crippen LogP contribution in [0.4, 0.5) is 0 Å². The Morgan fingerprint density at radius 3 is 2.38 bits per heavy atom. The second-order valence-electron chi connectivity index (χ2n) is 6.09. The Morgan fingerprint density at radius 2 is 1.90 bits per heavy atom. The molecule has 0 N–H and O–H groups in total. The molecule has 0 heterocycles. The maximum absolute atomic E-state index is 12.5. The van der Waals surface area contributed by atoms with Crippen LogP contribution in [-0.2, 0) is 21.2 Å². The maximum Gasteiger partial charge on any atom is 0.241 e. The molecule has 0 unspecified atom stereocenters. The molecule has 1 fully saturated rings. The van der Waals surface area contributed by atoms with E-state index < -0.39 is 15.1 Å². The minimum absolute atomic E-state index is 0.198. The van der Waals surface area contributed by atoms with E-state index in [1.807, 2.05) is 19.1 Å². The quantitative estimate of drug-likeness (QED) is 0.838. The Hall–Kier alpha value is -1.36. The van der Waals surface area contributed by atoms with Crippen LogP contribution in [0.15, 0.2) is 18.2 Å². The summed E-state index contributed by atoms with van der Waals surface area (Å²) in [5.74, 6) is -0.279. The molecule has 0 aromatic heterocycles. The zero-order valence-electron chi connectivity index (χ0n) is 13.1. The van der Waals surface area contributed by atoms with Crippen molar-refractivity contribution >= 4 is 15.7 Å². The van der Waals surface area contributed by atoms with E-state index in [9.17, 15) is 13.2 Å². The fourth-order valence-corrected chi connectivity index (χ4v) is 2.79. The van der Waals surface area contributed by atoms with Crippen LogP contribution < -0.4 is 0 Å². The summed E-state index contributed by atoms with van der Waals surface area (Å²) in [5, 5.41) is -0.968. The van der Waals surface area contributed by atoms with Gasteiger partial charge >= 0.3 is 0 Å². The van der Waals surface area contributed by atoms with Crippen molar-refractivity contribution in [2.24, 2.45) is 0 Å². The molecule has 0 spiro atoms. The molecule has 2 rings (SSSR count). The molecule has 0 bridgehead atoms.